The number of rotatable bonds is 5. The third-order valence-electron chi connectivity index (χ3n) is 6.00. The van der Waals surface area contributed by atoms with E-state index in [1.165, 1.54) is 12.1 Å². The van der Waals surface area contributed by atoms with Crippen molar-refractivity contribution in [3.05, 3.63) is 133 Å². The summed E-state index contributed by atoms with van der Waals surface area (Å²) < 4.78 is 30.5. The summed E-state index contributed by atoms with van der Waals surface area (Å²) in [5, 5.41) is 0. The summed E-state index contributed by atoms with van der Waals surface area (Å²) in [6.07, 6.45) is 0. The zero-order valence-corrected chi connectivity index (χ0v) is 18.8. The minimum absolute atomic E-state index is 0.314. The monoisotopic (exact) mass is 447 g/mol. The Bertz CT molecular complexity index is 1430. The predicted octanol–water partition coefficient (Wildman–Crippen LogP) is 8.73. The molecule has 0 unspecified atom stereocenters. The molecule has 0 aliphatic rings. The number of benzene rings is 5. The van der Waals surface area contributed by atoms with Crippen LogP contribution in [0.1, 0.15) is 0 Å². The molecule has 3 heteroatoms. The normalized spacial score (nSPS) is 10.8. The van der Waals surface area contributed by atoms with Crippen molar-refractivity contribution in [3.8, 4) is 33.4 Å². The third kappa shape index (κ3) is 4.20. The van der Waals surface area contributed by atoms with Crippen LogP contribution in [-0.4, -0.2) is 7.05 Å². The van der Waals surface area contributed by atoms with Crippen LogP contribution in [-0.2, 0) is 0 Å². The van der Waals surface area contributed by atoms with Crippen molar-refractivity contribution < 1.29 is 8.78 Å². The zero-order chi connectivity index (χ0) is 23.5. The van der Waals surface area contributed by atoms with Crippen LogP contribution in [0.2, 0.25) is 0 Å². The van der Waals surface area contributed by atoms with Gasteiger partial charge in [-0.25, -0.2) is 8.78 Å². The largest absolute Gasteiger partial charge is 0.339 e. The average Bonchev–Trinajstić information content (AvgIpc) is 2.89. The van der Waals surface area contributed by atoms with Crippen LogP contribution < -0.4 is 4.90 Å². The van der Waals surface area contributed by atoms with Crippen LogP contribution in [0.4, 0.5) is 20.2 Å². The van der Waals surface area contributed by atoms with E-state index in [1.807, 2.05) is 84.9 Å². The van der Waals surface area contributed by atoms with Gasteiger partial charge in [-0.1, -0.05) is 91.0 Å². The van der Waals surface area contributed by atoms with Crippen molar-refractivity contribution in [1.29, 1.82) is 0 Å². The molecule has 0 amide bonds. The van der Waals surface area contributed by atoms with Crippen LogP contribution in [0.25, 0.3) is 33.4 Å². The highest BCUT2D eigenvalue weighted by Gasteiger charge is 2.20. The number of nitrogens with zero attached hydrogens (tertiary/aromatic N) is 1. The van der Waals surface area contributed by atoms with Crippen LogP contribution in [0.15, 0.2) is 121 Å². The molecule has 5 aromatic rings. The molecule has 0 atom stereocenters. The molecule has 0 N–H and O–H groups in total. The summed E-state index contributed by atoms with van der Waals surface area (Å²) in [7, 11) is 1.70. The molecule has 1 nitrogen and oxygen atoms in total. The topological polar surface area (TPSA) is 3.24 Å². The van der Waals surface area contributed by atoms with Crippen molar-refractivity contribution in [3.63, 3.8) is 0 Å². The van der Waals surface area contributed by atoms with Gasteiger partial charge in [0, 0.05) is 12.6 Å². The first-order valence-electron chi connectivity index (χ1n) is 11.1. The molecule has 0 bridgehead atoms. The minimum atomic E-state index is -0.410. The Labute approximate surface area is 198 Å². The van der Waals surface area contributed by atoms with E-state index in [2.05, 4.69) is 6.07 Å². The molecular formula is C31H23F2N. The molecular weight excluding hydrogens is 424 g/mol. The van der Waals surface area contributed by atoms with Gasteiger partial charge in [0.1, 0.15) is 11.6 Å². The Morgan fingerprint density at radius 3 is 1.71 bits per heavy atom. The van der Waals surface area contributed by atoms with E-state index in [1.54, 1.807) is 30.1 Å². The molecule has 0 aliphatic carbocycles. The van der Waals surface area contributed by atoms with Gasteiger partial charge in [0.2, 0.25) is 0 Å². The lowest BCUT2D eigenvalue weighted by atomic mass is 9.94. The van der Waals surface area contributed by atoms with Crippen molar-refractivity contribution in [1.82, 2.24) is 0 Å². The number of anilines is 2. The highest BCUT2D eigenvalue weighted by Crippen LogP contribution is 2.41. The molecule has 166 valence electrons. The number of halogens is 2. The fraction of sp³-hybridized carbons (Fsp3) is 0.0323. The Morgan fingerprint density at radius 2 is 1.03 bits per heavy atom. The average molecular weight is 448 g/mol. The van der Waals surface area contributed by atoms with Gasteiger partial charge in [-0.3, -0.25) is 0 Å². The Morgan fingerprint density at radius 1 is 0.471 bits per heavy atom. The first-order chi connectivity index (χ1) is 16.6. The van der Waals surface area contributed by atoms with Crippen LogP contribution in [0, 0.1) is 11.6 Å². The van der Waals surface area contributed by atoms with E-state index in [0.29, 0.717) is 16.9 Å². The fourth-order valence-corrected chi connectivity index (χ4v) is 4.30. The van der Waals surface area contributed by atoms with Gasteiger partial charge in [-0.2, -0.15) is 0 Å². The first kappa shape index (κ1) is 21.6. The smallest absolute Gasteiger partial charge is 0.148 e. The van der Waals surface area contributed by atoms with Crippen molar-refractivity contribution in [2.24, 2.45) is 0 Å². The molecule has 0 radical (unpaired) electrons. The molecule has 5 aromatic carbocycles. The van der Waals surface area contributed by atoms with Gasteiger partial charge < -0.3 is 4.90 Å². The van der Waals surface area contributed by atoms with Crippen molar-refractivity contribution in [2.45, 2.75) is 0 Å². The second-order valence-corrected chi connectivity index (χ2v) is 8.18. The molecule has 0 aromatic heterocycles. The van der Waals surface area contributed by atoms with Crippen molar-refractivity contribution >= 4 is 11.4 Å². The number of hydrogen-bond donors (Lipinski definition) is 0. The highest BCUT2D eigenvalue weighted by molar-refractivity contribution is 5.88. The van der Waals surface area contributed by atoms with E-state index in [4.69, 9.17) is 0 Å². The van der Waals surface area contributed by atoms with Crippen LogP contribution >= 0.6 is 0 Å². The van der Waals surface area contributed by atoms with Crippen LogP contribution in [0.3, 0.4) is 0 Å². The minimum Gasteiger partial charge on any atom is -0.339 e. The molecule has 0 fully saturated rings. The molecule has 34 heavy (non-hydrogen) atoms. The Balaban J connectivity index is 1.73. The summed E-state index contributed by atoms with van der Waals surface area (Å²) in [5.41, 5.74) is 5.99. The third-order valence-corrected chi connectivity index (χ3v) is 6.00. The lowest BCUT2D eigenvalue weighted by molar-refractivity contribution is 0.618. The lowest BCUT2D eigenvalue weighted by Gasteiger charge is -2.25. The molecule has 0 saturated carbocycles. The predicted molar refractivity (Wildman–Crippen MR) is 137 cm³/mol. The van der Waals surface area contributed by atoms with Gasteiger partial charge in [-0.15, -0.1) is 0 Å². The second-order valence-electron chi connectivity index (χ2n) is 8.18. The second kappa shape index (κ2) is 9.32. The molecule has 0 heterocycles. The van der Waals surface area contributed by atoms with E-state index in [-0.39, 0.29) is 0 Å². The fourth-order valence-electron chi connectivity index (χ4n) is 4.30. The molecule has 0 aliphatic heterocycles. The molecule has 0 spiro atoms. The maximum absolute atomic E-state index is 15.8. The zero-order valence-electron chi connectivity index (χ0n) is 18.8. The SMILES string of the molecule is CN(c1ccccc1F)c1c(F)cc(-c2ccccc2)cc1-c1cccc(-c2ccccc2)c1. The van der Waals surface area contributed by atoms with Crippen molar-refractivity contribution in [2.75, 3.05) is 11.9 Å². The van der Waals surface area contributed by atoms with Gasteiger partial charge in [-0.05, 0) is 58.1 Å². The molecule has 5 rings (SSSR count). The summed E-state index contributed by atoms with van der Waals surface area (Å²) >= 11 is 0. The standard InChI is InChI=1S/C31H23F2N/c1-34(30-18-9-8-17-28(30)32)31-27(20-26(21-29(31)33)23-13-6-3-7-14-23)25-16-10-15-24(19-25)22-11-4-2-5-12-22/h2-21H,1H3. The number of para-hydroxylation sites is 1. The van der Waals surface area contributed by atoms with E-state index >= 15 is 4.39 Å². The van der Waals surface area contributed by atoms with E-state index in [0.717, 1.165) is 27.8 Å². The number of hydrogen-bond acceptors (Lipinski definition) is 1. The Kier molecular flexibility index (Phi) is 5.92. The van der Waals surface area contributed by atoms with Gasteiger partial charge >= 0.3 is 0 Å². The summed E-state index contributed by atoms with van der Waals surface area (Å²) in [5.74, 6) is -0.812. The van der Waals surface area contributed by atoms with E-state index < -0.39 is 11.6 Å². The molecule has 0 saturated heterocycles. The van der Waals surface area contributed by atoms with Gasteiger partial charge in [0.25, 0.3) is 0 Å². The lowest BCUT2D eigenvalue weighted by Crippen LogP contribution is -2.14. The Hall–Kier alpha value is -4.24. The van der Waals surface area contributed by atoms with Gasteiger partial charge in [0.05, 0.1) is 11.4 Å². The maximum Gasteiger partial charge on any atom is 0.148 e. The summed E-state index contributed by atoms with van der Waals surface area (Å²) in [4.78, 5) is 1.59. The highest BCUT2D eigenvalue weighted by atomic mass is 19.1. The maximum atomic E-state index is 15.8. The first-order valence-corrected chi connectivity index (χ1v) is 11.1. The quantitative estimate of drug-likeness (QED) is 0.260. The van der Waals surface area contributed by atoms with E-state index in [9.17, 15) is 4.39 Å². The summed E-state index contributed by atoms with van der Waals surface area (Å²) in [6, 6.07) is 37.7. The summed E-state index contributed by atoms with van der Waals surface area (Å²) in [6.45, 7) is 0. The van der Waals surface area contributed by atoms with Crippen LogP contribution in [0.5, 0.6) is 0 Å². The van der Waals surface area contributed by atoms with Gasteiger partial charge in [0.15, 0.2) is 0 Å².